The van der Waals surface area contributed by atoms with E-state index < -0.39 is 0 Å². The molecule has 30 heavy (non-hydrogen) atoms. The van der Waals surface area contributed by atoms with E-state index in [9.17, 15) is 0 Å². The van der Waals surface area contributed by atoms with Crippen molar-refractivity contribution in [3.63, 3.8) is 0 Å². The standard InChI is InChI=1S/C27H40N2.Li/c1-18-13-11-14-19(2)24(18)28-22(26(5,6)7)17-23(27(8,9)10)29-25-20(3)15-12-16-21(25)4;/h11-16,22-23H,17H2,1-10H3;/q-2;+1. The van der Waals surface area contributed by atoms with Crippen LogP contribution in [0.25, 0.3) is 10.6 Å². The number of nitrogens with zero attached hydrogens (tertiary/aromatic N) is 2. The molecule has 0 aliphatic rings. The Morgan fingerprint density at radius 2 is 0.867 bits per heavy atom. The van der Waals surface area contributed by atoms with Crippen LogP contribution in [-0.2, 0) is 0 Å². The van der Waals surface area contributed by atoms with E-state index in [1.54, 1.807) is 0 Å². The Kier molecular flexibility index (Phi) is 9.16. The molecule has 0 heterocycles. The average molecular weight is 400 g/mol. The number of hydrogen-bond donors (Lipinski definition) is 0. The molecule has 0 saturated carbocycles. The average Bonchev–Trinajstić information content (AvgIpc) is 2.56. The van der Waals surface area contributed by atoms with Crippen molar-refractivity contribution in [2.45, 2.75) is 87.7 Å². The molecule has 0 aliphatic carbocycles. The molecule has 0 aliphatic heterocycles. The van der Waals surface area contributed by atoms with Crippen molar-refractivity contribution in [2.24, 2.45) is 10.8 Å². The molecular weight excluding hydrogens is 359 g/mol. The van der Waals surface area contributed by atoms with E-state index in [1.165, 1.54) is 22.3 Å². The molecule has 0 fully saturated rings. The molecule has 3 heteroatoms. The zero-order chi connectivity index (χ0) is 22.0. The van der Waals surface area contributed by atoms with E-state index >= 15 is 0 Å². The van der Waals surface area contributed by atoms with Crippen LogP contribution in [0, 0.1) is 38.5 Å². The summed E-state index contributed by atoms with van der Waals surface area (Å²) in [5.41, 5.74) is 7.41. The Labute approximate surface area is 197 Å². The van der Waals surface area contributed by atoms with Crippen LogP contribution in [0.2, 0.25) is 0 Å². The van der Waals surface area contributed by atoms with Crippen LogP contribution in [0.5, 0.6) is 0 Å². The van der Waals surface area contributed by atoms with Crippen molar-refractivity contribution < 1.29 is 18.9 Å². The monoisotopic (exact) mass is 399 g/mol. The second kappa shape index (κ2) is 10.3. The first-order valence-corrected chi connectivity index (χ1v) is 10.8. The van der Waals surface area contributed by atoms with Crippen LogP contribution in [0.4, 0.5) is 11.4 Å². The van der Waals surface area contributed by atoms with Crippen LogP contribution in [-0.4, -0.2) is 12.1 Å². The second-order valence-corrected chi connectivity index (χ2v) is 10.7. The zero-order valence-corrected chi connectivity index (χ0v) is 21.2. The molecule has 0 radical (unpaired) electrons. The molecule has 2 rings (SSSR count). The van der Waals surface area contributed by atoms with Crippen LogP contribution < -0.4 is 18.9 Å². The van der Waals surface area contributed by atoms with Gasteiger partial charge in [0, 0.05) is 0 Å². The molecule has 2 aromatic rings. The van der Waals surface area contributed by atoms with Crippen molar-refractivity contribution in [1.29, 1.82) is 0 Å². The number of hydrogen-bond acceptors (Lipinski definition) is 0. The Morgan fingerprint density at radius 3 is 1.10 bits per heavy atom. The first-order valence-electron chi connectivity index (χ1n) is 10.8. The normalized spacial score (nSPS) is 13.9. The Hall–Kier alpha value is -1.36. The number of aryl methyl sites for hydroxylation is 4. The van der Waals surface area contributed by atoms with E-state index in [1.807, 2.05) is 0 Å². The topological polar surface area (TPSA) is 28.2 Å². The van der Waals surface area contributed by atoms with E-state index in [-0.39, 0.29) is 41.8 Å². The van der Waals surface area contributed by atoms with E-state index in [2.05, 4.69) is 106 Å². The summed E-state index contributed by atoms with van der Waals surface area (Å²) in [5.74, 6) is 0. The molecule has 2 atom stereocenters. The van der Waals surface area contributed by atoms with Crippen LogP contribution in [0.15, 0.2) is 36.4 Å². The van der Waals surface area contributed by atoms with E-state index in [0.29, 0.717) is 0 Å². The zero-order valence-electron chi connectivity index (χ0n) is 21.2. The third-order valence-corrected chi connectivity index (χ3v) is 5.89. The molecule has 0 N–H and O–H groups in total. The second-order valence-electron chi connectivity index (χ2n) is 10.7. The van der Waals surface area contributed by atoms with Crippen molar-refractivity contribution in [3.8, 4) is 0 Å². The van der Waals surface area contributed by atoms with Crippen molar-refractivity contribution >= 4 is 11.4 Å². The minimum Gasteiger partial charge on any atom is -0.681 e. The maximum absolute atomic E-state index is 5.31. The fraction of sp³-hybridized carbons (Fsp3) is 0.556. The Morgan fingerprint density at radius 1 is 0.600 bits per heavy atom. The molecule has 0 saturated heterocycles. The minimum atomic E-state index is 0. The summed E-state index contributed by atoms with van der Waals surface area (Å²) in [6, 6.07) is 13.3. The van der Waals surface area contributed by atoms with E-state index in [4.69, 9.17) is 10.6 Å². The molecule has 2 nitrogen and oxygen atoms in total. The van der Waals surface area contributed by atoms with Gasteiger partial charge in [-0.3, -0.25) is 0 Å². The Balaban J connectivity index is 0.00000450. The fourth-order valence-corrected chi connectivity index (χ4v) is 3.74. The molecule has 2 unspecified atom stereocenters. The van der Waals surface area contributed by atoms with Gasteiger partial charge in [0.2, 0.25) is 0 Å². The first kappa shape index (κ1) is 26.7. The molecule has 0 spiro atoms. The summed E-state index contributed by atoms with van der Waals surface area (Å²) < 4.78 is 0. The van der Waals surface area contributed by atoms with Crippen molar-refractivity contribution in [3.05, 3.63) is 69.3 Å². The van der Waals surface area contributed by atoms with Gasteiger partial charge >= 0.3 is 18.9 Å². The summed E-state index contributed by atoms with van der Waals surface area (Å²) in [6.07, 6.45) is 0.939. The van der Waals surface area contributed by atoms with Gasteiger partial charge in [0.15, 0.2) is 0 Å². The maximum atomic E-state index is 5.31. The van der Waals surface area contributed by atoms with Crippen LogP contribution in [0.1, 0.15) is 70.2 Å². The van der Waals surface area contributed by atoms with Crippen LogP contribution >= 0.6 is 0 Å². The third kappa shape index (κ3) is 6.83. The smallest absolute Gasteiger partial charge is 0.681 e. The third-order valence-electron chi connectivity index (χ3n) is 5.89. The SMILES string of the molecule is Cc1cccc(C)c1[N-]C(CC([N-]c1c(C)cccc1C)C(C)(C)C)C(C)(C)C.[Li+]. The van der Waals surface area contributed by atoms with E-state index in [0.717, 1.165) is 17.8 Å². The molecule has 0 aromatic heterocycles. The van der Waals surface area contributed by atoms with Gasteiger partial charge in [-0.25, -0.2) is 0 Å². The summed E-state index contributed by atoms with van der Waals surface area (Å²) in [7, 11) is 0. The molecule has 0 amide bonds. The Bertz CT molecular complexity index is 718. The number of rotatable bonds is 6. The van der Waals surface area contributed by atoms with Gasteiger partial charge in [0.25, 0.3) is 0 Å². The predicted octanol–water partition coefficient (Wildman–Crippen LogP) is 5.85. The maximum Gasteiger partial charge on any atom is 1.00 e. The number of benzene rings is 2. The number of para-hydroxylation sites is 2. The molecule has 2 aromatic carbocycles. The van der Waals surface area contributed by atoms with Crippen LogP contribution in [0.3, 0.4) is 0 Å². The molecule has 0 bridgehead atoms. The summed E-state index contributed by atoms with van der Waals surface area (Å²) in [4.78, 5) is 0. The quantitative estimate of drug-likeness (QED) is 0.545. The molecular formula is C27H40LiN2-. The van der Waals surface area contributed by atoms with Gasteiger partial charge in [-0.05, 0) is 27.7 Å². The van der Waals surface area contributed by atoms with Gasteiger partial charge in [-0.1, -0.05) is 117 Å². The predicted molar refractivity (Wildman–Crippen MR) is 129 cm³/mol. The summed E-state index contributed by atoms with van der Waals surface area (Å²) >= 11 is 0. The minimum absolute atomic E-state index is 0. The van der Waals surface area contributed by atoms with Gasteiger partial charge in [-0.2, -0.15) is 0 Å². The van der Waals surface area contributed by atoms with Crippen molar-refractivity contribution in [2.75, 3.05) is 0 Å². The fourth-order valence-electron chi connectivity index (χ4n) is 3.74. The van der Waals surface area contributed by atoms with Gasteiger partial charge in [-0.15, -0.1) is 23.5 Å². The molecule has 160 valence electrons. The van der Waals surface area contributed by atoms with Gasteiger partial charge in [0.05, 0.1) is 0 Å². The first-order chi connectivity index (χ1) is 13.3. The van der Waals surface area contributed by atoms with Gasteiger partial charge < -0.3 is 10.6 Å². The summed E-state index contributed by atoms with van der Waals surface area (Å²) in [6.45, 7) is 22.4. The largest absolute Gasteiger partial charge is 1.00 e. The summed E-state index contributed by atoms with van der Waals surface area (Å²) in [5, 5.41) is 10.6. The van der Waals surface area contributed by atoms with Crippen molar-refractivity contribution in [1.82, 2.24) is 0 Å². The van der Waals surface area contributed by atoms with Gasteiger partial charge in [0.1, 0.15) is 0 Å².